The zero-order chi connectivity index (χ0) is 13.1. The summed E-state index contributed by atoms with van der Waals surface area (Å²) in [6.07, 6.45) is 0. The molecule has 3 nitrogen and oxygen atoms in total. The van der Waals surface area contributed by atoms with Crippen molar-refractivity contribution in [1.82, 2.24) is 4.98 Å². The van der Waals surface area contributed by atoms with Crippen LogP contribution in [0.4, 0.5) is 5.69 Å². The van der Waals surface area contributed by atoms with E-state index in [1.54, 1.807) is 23.5 Å². The second-order valence-corrected chi connectivity index (χ2v) is 5.73. The van der Waals surface area contributed by atoms with E-state index in [0.717, 1.165) is 16.4 Å². The second-order valence-electron chi connectivity index (χ2n) is 3.89. The molecule has 92 valence electrons. The Hall–Kier alpha value is -1.57. The fourth-order valence-corrected chi connectivity index (χ4v) is 2.68. The Morgan fingerprint density at radius 2 is 2.22 bits per heavy atom. The number of thiazole rings is 1. The van der Waals surface area contributed by atoms with Crippen LogP contribution in [0.3, 0.4) is 0 Å². The monoisotopic (exact) mass is 277 g/mol. The third-order valence-corrected chi connectivity index (χ3v) is 3.71. The van der Waals surface area contributed by atoms with Gasteiger partial charge >= 0.3 is 0 Å². The largest absolute Gasteiger partial charge is 0.378 e. The highest BCUT2D eigenvalue weighted by atomic mass is 35.5. The Labute approximate surface area is 115 Å². The molecular formula is C13H12ClN3S. The molecule has 1 heterocycles. The molecular weight excluding hydrogens is 266 g/mol. The van der Waals surface area contributed by atoms with E-state index in [9.17, 15) is 0 Å². The quantitative estimate of drug-likeness (QED) is 0.926. The van der Waals surface area contributed by atoms with E-state index >= 15 is 0 Å². The maximum Gasteiger partial charge on any atom is 0.101 e. The Kier molecular flexibility index (Phi) is 3.85. The van der Waals surface area contributed by atoms with E-state index in [-0.39, 0.29) is 0 Å². The van der Waals surface area contributed by atoms with Crippen molar-refractivity contribution >= 4 is 28.6 Å². The molecule has 0 spiro atoms. The molecule has 5 heteroatoms. The highest BCUT2D eigenvalue weighted by Gasteiger charge is 2.07. The first-order valence-electron chi connectivity index (χ1n) is 5.46. The minimum absolute atomic E-state index is 0.548. The number of anilines is 1. The zero-order valence-corrected chi connectivity index (χ0v) is 11.7. The lowest BCUT2D eigenvalue weighted by Crippen LogP contribution is -2.02. The molecule has 2 rings (SSSR count). The molecule has 0 radical (unpaired) electrons. The van der Waals surface area contributed by atoms with Crippen molar-refractivity contribution in [1.29, 1.82) is 5.26 Å². The summed E-state index contributed by atoms with van der Waals surface area (Å²) in [4.78, 5) is 5.65. The van der Waals surface area contributed by atoms with Gasteiger partial charge in [-0.25, -0.2) is 4.98 Å². The molecule has 0 aliphatic rings. The van der Waals surface area contributed by atoms with Crippen LogP contribution in [-0.2, 0) is 6.54 Å². The summed E-state index contributed by atoms with van der Waals surface area (Å²) in [7, 11) is 0. The van der Waals surface area contributed by atoms with Crippen LogP contribution in [0.2, 0.25) is 5.02 Å². The van der Waals surface area contributed by atoms with E-state index in [2.05, 4.69) is 23.3 Å². The molecule has 0 amide bonds. The smallest absolute Gasteiger partial charge is 0.101 e. The minimum atomic E-state index is 0.548. The van der Waals surface area contributed by atoms with Gasteiger partial charge in [0.2, 0.25) is 0 Å². The molecule has 0 fully saturated rings. The van der Waals surface area contributed by atoms with Crippen LogP contribution in [0.1, 0.15) is 21.1 Å². The summed E-state index contributed by atoms with van der Waals surface area (Å²) in [5.41, 5.74) is 2.36. The van der Waals surface area contributed by atoms with Crippen LogP contribution in [0.15, 0.2) is 18.2 Å². The Morgan fingerprint density at radius 1 is 1.44 bits per heavy atom. The topological polar surface area (TPSA) is 48.7 Å². The van der Waals surface area contributed by atoms with Gasteiger partial charge in [-0.1, -0.05) is 11.6 Å². The summed E-state index contributed by atoms with van der Waals surface area (Å²) >= 11 is 7.53. The third-order valence-electron chi connectivity index (χ3n) is 2.55. The summed E-state index contributed by atoms with van der Waals surface area (Å²) in [5.74, 6) is 0. The van der Waals surface area contributed by atoms with Crippen LogP contribution in [0.25, 0.3) is 0 Å². The van der Waals surface area contributed by atoms with Crippen LogP contribution in [0.5, 0.6) is 0 Å². The van der Waals surface area contributed by atoms with Crippen LogP contribution < -0.4 is 5.32 Å². The van der Waals surface area contributed by atoms with Crippen molar-refractivity contribution in [3.63, 3.8) is 0 Å². The summed E-state index contributed by atoms with van der Waals surface area (Å²) < 4.78 is 0. The molecule has 2 aromatic rings. The van der Waals surface area contributed by atoms with Gasteiger partial charge in [0.05, 0.1) is 28.5 Å². The van der Waals surface area contributed by atoms with Gasteiger partial charge < -0.3 is 5.32 Å². The van der Waals surface area contributed by atoms with Crippen molar-refractivity contribution in [2.45, 2.75) is 20.4 Å². The lowest BCUT2D eigenvalue weighted by atomic mass is 10.2. The van der Waals surface area contributed by atoms with Crippen molar-refractivity contribution < 1.29 is 0 Å². The maximum absolute atomic E-state index is 9.04. The second kappa shape index (κ2) is 5.38. The van der Waals surface area contributed by atoms with Crippen LogP contribution >= 0.6 is 22.9 Å². The van der Waals surface area contributed by atoms with E-state index in [1.165, 1.54) is 4.88 Å². The normalized spacial score (nSPS) is 10.1. The Morgan fingerprint density at radius 3 is 2.83 bits per heavy atom. The molecule has 0 atom stereocenters. The number of rotatable bonds is 3. The predicted octanol–water partition coefficient (Wildman–Crippen LogP) is 3.90. The van der Waals surface area contributed by atoms with Gasteiger partial charge in [0.25, 0.3) is 0 Å². The van der Waals surface area contributed by atoms with E-state index < -0.39 is 0 Å². The van der Waals surface area contributed by atoms with Gasteiger partial charge in [-0.3, -0.25) is 0 Å². The first-order chi connectivity index (χ1) is 8.60. The highest BCUT2D eigenvalue weighted by Crippen LogP contribution is 2.22. The highest BCUT2D eigenvalue weighted by molar-refractivity contribution is 7.11. The van der Waals surface area contributed by atoms with Gasteiger partial charge in [-0.15, -0.1) is 11.3 Å². The average Bonchev–Trinajstić information content (AvgIpc) is 2.66. The first kappa shape index (κ1) is 12.9. The predicted molar refractivity (Wildman–Crippen MR) is 75.1 cm³/mol. The number of aryl methyl sites for hydroxylation is 2. The van der Waals surface area contributed by atoms with E-state index in [0.29, 0.717) is 17.1 Å². The van der Waals surface area contributed by atoms with Crippen molar-refractivity contribution in [2.24, 2.45) is 0 Å². The number of halogens is 1. The fraction of sp³-hybridized carbons (Fsp3) is 0.231. The van der Waals surface area contributed by atoms with E-state index in [1.807, 2.05) is 13.0 Å². The number of nitriles is 1. The first-order valence-corrected chi connectivity index (χ1v) is 6.66. The number of benzene rings is 1. The number of aromatic nitrogens is 1. The fourth-order valence-electron chi connectivity index (χ4n) is 1.68. The standard InChI is InChI=1S/C13H12ClN3S/c1-8-13(17-9(2)18-8)7-16-12-4-3-11(14)5-10(12)6-15/h3-5,16H,7H2,1-2H3. The Bertz CT molecular complexity index is 613. The molecule has 1 aromatic carbocycles. The number of nitrogens with zero attached hydrogens (tertiary/aromatic N) is 2. The molecule has 18 heavy (non-hydrogen) atoms. The lowest BCUT2D eigenvalue weighted by molar-refractivity contribution is 1.04. The molecule has 0 saturated carbocycles. The van der Waals surface area contributed by atoms with Gasteiger partial charge in [-0.2, -0.15) is 5.26 Å². The molecule has 0 unspecified atom stereocenters. The number of hydrogen-bond acceptors (Lipinski definition) is 4. The number of hydrogen-bond donors (Lipinski definition) is 1. The SMILES string of the molecule is Cc1nc(CNc2ccc(Cl)cc2C#N)c(C)s1. The maximum atomic E-state index is 9.04. The van der Waals surface area contributed by atoms with Gasteiger partial charge in [0.15, 0.2) is 0 Å². The summed E-state index contributed by atoms with van der Waals surface area (Å²) in [6, 6.07) is 7.37. The summed E-state index contributed by atoms with van der Waals surface area (Å²) in [6.45, 7) is 4.66. The lowest BCUT2D eigenvalue weighted by Gasteiger charge is -2.07. The number of nitrogens with one attached hydrogen (secondary N) is 1. The third kappa shape index (κ3) is 2.81. The van der Waals surface area contributed by atoms with Crippen LogP contribution in [-0.4, -0.2) is 4.98 Å². The molecule has 0 bridgehead atoms. The molecule has 0 aliphatic carbocycles. The van der Waals surface area contributed by atoms with Crippen molar-refractivity contribution in [3.05, 3.63) is 44.4 Å². The van der Waals surface area contributed by atoms with Gasteiger partial charge in [0, 0.05) is 9.90 Å². The van der Waals surface area contributed by atoms with E-state index in [4.69, 9.17) is 16.9 Å². The zero-order valence-electron chi connectivity index (χ0n) is 10.1. The van der Waals surface area contributed by atoms with Gasteiger partial charge in [0.1, 0.15) is 6.07 Å². The van der Waals surface area contributed by atoms with Gasteiger partial charge in [-0.05, 0) is 32.0 Å². The molecule has 0 aliphatic heterocycles. The molecule has 0 saturated heterocycles. The molecule has 1 N–H and O–H groups in total. The summed E-state index contributed by atoms with van der Waals surface area (Å²) in [5, 5.41) is 13.9. The van der Waals surface area contributed by atoms with Crippen molar-refractivity contribution in [2.75, 3.05) is 5.32 Å². The minimum Gasteiger partial charge on any atom is -0.378 e. The average molecular weight is 278 g/mol. The molecule has 1 aromatic heterocycles. The Balaban J connectivity index is 2.16. The van der Waals surface area contributed by atoms with Crippen molar-refractivity contribution in [3.8, 4) is 6.07 Å². The van der Waals surface area contributed by atoms with Crippen LogP contribution in [0, 0.1) is 25.2 Å².